The number of halogens is 1. The van der Waals surface area contributed by atoms with Crippen molar-refractivity contribution in [2.24, 2.45) is 5.92 Å². The molecule has 0 radical (unpaired) electrons. The van der Waals surface area contributed by atoms with E-state index in [1.165, 1.54) is 6.42 Å². The summed E-state index contributed by atoms with van der Waals surface area (Å²) in [5.74, 6) is 1.09. The molecule has 4 nitrogen and oxygen atoms in total. The van der Waals surface area contributed by atoms with Crippen LogP contribution in [0, 0.1) is 5.92 Å². The Labute approximate surface area is 110 Å². The van der Waals surface area contributed by atoms with Crippen LogP contribution in [0.4, 0.5) is 0 Å². The first-order chi connectivity index (χ1) is 7.75. The van der Waals surface area contributed by atoms with Crippen molar-refractivity contribution in [1.82, 2.24) is 15.1 Å². The van der Waals surface area contributed by atoms with Gasteiger partial charge >= 0.3 is 0 Å². The number of rotatable bonds is 3. The summed E-state index contributed by atoms with van der Waals surface area (Å²) >= 11 is 0. The summed E-state index contributed by atoms with van der Waals surface area (Å²) in [6.07, 6.45) is 3.06. The van der Waals surface area contributed by atoms with E-state index in [0.29, 0.717) is 5.91 Å². The van der Waals surface area contributed by atoms with Gasteiger partial charge in [-0.2, -0.15) is 0 Å². The van der Waals surface area contributed by atoms with Gasteiger partial charge in [-0.05, 0) is 38.9 Å². The lowest BCUT2D eigenvalue weighted by molar-refractivity contribution is -0.133. The molecule has 0 saturated carbocycles. The Morgan fingerprint density at radius 2 is 2.00 bits per heavy atom. The molecule has 2 aliphatic heterocycles. The molecule has 100 valence electrons. The fourth-order valence-corrected chi connectivity index (χ4v) is 2.50. The van der Waals surface area contributed by atoms with Crippen molar-refractivity contribution in [2.75, 3.05) is 46.3 Å². The second-order valence-corrected chi connectivity index (χ2v) is 5.08. The van der Waals surface area contributed by atoms with Crippen LogP contribution in [0.25, 0.3) is 0 Å². The van der Waals surface area contributed by atoms with Gasteiger partial charge in [-0.1, -0.05) is 0 Å². The summed E-state index contributed by atoms with van der Waals surface area (Å²) in [4.78, 5) is 16.3. The lowest BCUT2D eigenvalue weighted by Gasteiger charge is -2.32. The average Bonchev–Trinajstić information content (AvgIpc) is 2.80. The molecule has 1 atom stereocenters. The van der Waals surface area contributed by atoms with E-state index in [-0.39, 0.29) is 12.4 Å². The highest BCUT2D eigenvalue weighted by molar-refractivity contribution is 5.85. The van der Waals surface area contributed by atoms with Crippen molar-refractivity contribution in [3.05, 3.63) is 0 Å². The van der Waals surface area contributed by atoms with E-state index in [4.69, 9.17) is 0 Å². The minimum Gasteiger partial charge on any atom is -0.340 e. The number of hydrogen-bond acceptors (Lipinski definition) is 3. The number of amides is 1. The van der Waals surface area contributed by atoms with Crippen LogP contribution in [-0.4, -0.2) is 62.0 Å². The topological polar surface area (TPSA) is 35.6 Å². The molecule has 2 saturated heterocycles. The van der Waals surface area contributed by atoms with E-state index in [0.717, 1.165) is 58.0 Å². The second kappa shape index (κ2) is 7.19. The molecule has 0 bridgehead atoms. The highest BCUT2D eigenvalue weighted by atomic mass is 35.5. The Kier molecular flexibility index (Phi) is 6.23. The Balaban J connectivity index is 0.00000144. The molecule has 0 aliphatic carbocycles. The molecule has 0 aromatic rings. The highest BCUT2D eigenvalue weighted by Crippen LogP contribution is 2.15. The molecule has 1 N–H and O–H groups in total. The smallest absolute Gasteiger partial charge is 0.222 e. The standard InChI is InChI=1S/C12H23N3O.ClH/c1-14-6-8-15(9-7-14)12(16)3-2-11-4-5-13-10-11;/h11,13H,2-10H2,1H3;1H. The number of nitrogens with one attached hydrogen (secondary N) is 1. The van der Waals surface area contributed by atoms with Gasteiger partial charge in [0.05, 0.1) is 0 Å². The molecule has 0 aromatic heterocycles. The van der Waals surface area contributed by atoms with Gasteiger partial charge in [-0.3, -0.25) is 4.79 Å². The molecular weight excluding hydrogens is 238 g/mol. The zero-order chi connectivity index (χ0) is 11.4. The molecule has 17 heavy (non-hydrogen) atoms. The molecule has 2 aliphatic rings. The van der Waals surface area contributed by atoms with E-state index < -0.39 is 0 Å². The van der Waals surface area contributed by atoms with Crippen LogP contribution in [0.3, 0.4) is 0 Å². The normalized spacial score (nSPS) is 25.7. The zero-order valence-corrected chi connectivity index (χ0v) is 11.5. The highest BCUT2D eigenvalue weighted by Gasteiger charge is 2.21. The summed E-state index contributed by atoms with van der Waals surface area (Å²) in [6, 6.07) is 0. The van der Waals surface area contributed by atoms with Gasteiger partial charge in [0.15, 0.2) is 0 Å². The van der Waals surface area contributed by atoms with Crippen LogP contribution in [0.5, 0.6) is 0 Å². The number of piperazine rings is 1. The van der Waals surface area contributed by atoms with Crippen molar-refractivity contribution in [3.8, 4) is 0 Å². The zero-order valence-electron chi connectivity index (χ0n) is 10.7. The van der Waals surface area contributed by atoms with Gasteiger partial charge in [0, 0.05) is 32.6 Å². The Hall–Kier alpha value is -0.320. The SMILES string of the molecule is CN1CCN(C(=O)CCC2CCNC2)CC1.Cl. The molecule has 0 spiro atoms. The third kappa shape index (κ3) is 4.45. The molecular formula is C12H24ClN3O. The Bertz CT molecular complexity index is 236. The van der Waals surface area contributed by atoms with Gasteiger partial charge in [-0.25, -0.2) is 0 Å². The van der Waals surface area contributed by atoms with Gasteiger partial charge < -0.3 is 15.1 Å². The summed E-state index contributed by atoms with van der Waals surface area (Å²) in [6.45, 7) is 6.12. The van der Waals surface area contributed by atoms with Gasteiger partial charge in [0.2, 0.25) is 5.91 Å². The van der Waals surface area contributed by atoms with Crippen molar-refractivity contribution >= 4 is 18.3 Å². The maximum Gasteiger partial charge on any atom is 0.222 e. The molecule has 5 heteroatoms. The van der Waals surface area contributed by atoms with E-state index in [1.807, 2.05) is 4.90 Å². The maximum absolute atomic E-state index is 11.9. The quantitative estimate of drug-likeness (QED) is 0.807. The first kappa shape index (κ1) is 14.7. The van der Waals surface area contributed by atoms with Crippen LogP contribution in [0.1, 0.15) is 19.3 Å². The van der Waals surface area contributed by atoms with Crippen molar-refractivity contribution in [2.45, 2.75) is 19.3 Å². The predicted octanol–water partition coefficient (Wildman–Crippen LogP) is 0.572. The minimum absolute atomic E-state index is 0. The molecule has 1 amide bonds. The minimum atomic E-state index is 0. The maximum atomic E-state index is 11.9. The first-order valence-corrected chi connectivity index (χ1v) is 6.43. The van der Waals surface area contributed by atoms with Crippen LogP contribution in [0.15, 0.2) is 0 Å². The van der Waals surface area contributed by atoms with Crippen LogP contribution < -0.4 is 5.32 Å². The number of nitrogens with zero attached hydrogens (tertiary/aromatic N) is 2. The molecule has 0 aromatic carbocycles. The first-order valence-electron chi connectivity index (χ1n) is 6.43. The lowest BCUT2D eigenvalue weighted by atomic mass is 10.0. The van der Waals surface area contributed by atoms with E-state index in [2.05, 4.69) is 17.3 Å². The Morgan fingerprint density at radius 1 is 1.29 bits per heavy atom. The molecule has 2 rings (SSSR count). The third-order valence-corrected chi connectivity index (χ3v) is 3.78. The number of hydrogen-bond donors (Lipinski definition) is 1. The van der Waals surface area contributed by atoms with Crippen LogP contribution >= 0.6 is 12.4 Å². The fourth-order valence-electron chi connectivity index (χ4n) is 2.50. The average molecular weight is 262 g/mol. The van der Waals surface area contributed by atoms with E-state index in [9.17, 15) is 4.79 Å². The van der Waals surface area contributed by atoms with E-state index in [1.54, 1.807) is 0 Å². The molecule has 2 heterocycles. The Morgan fingerprint density at radius 3 is 2.59 bits per heavy atom. The van der Waals surface area contributed by atoms with E-state index >= 15 is 0 Å². The van der Waals surface area contributed by atoms with Crippen molar-refractivity contribution in [3.63, 3.8) is 0 Å². The second-order valence-electron chi connectivity index (χ2n) is 5.08. The van der Waals surface area contributed by atoms with Gasteiger partial charge in [0.25, 0.3) is 0 Å². The lowest BCUT2D eigenvalue weighted by Crippen LogP contribution is -2.47. The fraction of sp³-hybridized carbons (Fsp3) is 0.917. The molecule has 2 fully saturated rings. The third-order valence-electron chi connectivity index (χ3n) is 3.78. The summed E-state index contributed by atoms with van der Waals surface area (Å²) in [5.41, 5.74) is 0. The van der Waals surface area contributed by atoms with Crippen molar-refractivity contribution in [1.29, 1.82) is 0 Å². The number of likely N-dealkylation sites (N-methyl/N-ethyl adjacent to an activating group) is 1. The number of carbonyl (C=O) groups excluding carboxylic acids is 1. The summed E-state index contributed by atoms with van der Waals surface area (Å²) < 4.78 is 0. The summed E-state index contributed by atoms with van der Waals surface area (Å²) in [7, 11) is 2.12. The predicted molar refractivity (Wildman–Crippen MR) is 71.5 cm³/mol. The molecule has 1 unspecified atom stereocenters. The van der Waals surface area contributed by atoms with Crippen LogP contribution in [-0.2, 0) is 4.79 Å². The monoisotopic (exact) mass is 261 g/mol. The van der Waals surface area contributed by atoms with Gasteiger partial charge in [-0.15, -0.1) is 12.4 Å². The van der Waals surface area contributed by atoms with Crippen LogP contribution in [0.2, 0.25) is 0 Å². The summed E-state index contributed by atoms with van der Waals surface area (Å²) in [5, 5.41) is 3.35. The number of carbonyl (C=O) groups is 1. The van der Waals surface area contributed by atoms with Crippen molar-refractivity contribution < 1.29 is 4.79 Å². The largest absolute Gasteiger partial charge is 0.340 e. The van der Waals surface area contributed by atoms with Gasteiger partial charge in [0.1, 0.15) is 0 Å².